The van der Waals surface area contributed by atoms with Crippen LogP contribution < -0.4 is 10.3 Å². The standard InChI is InChI=1S/C20H18F2N4O3.ClH/c1-25-4-6-26(7-5-25)18-14(21)8-12-17(24-9-13(19(12)27)20(28)29)16(18)11-2-3-23-10-15(11)22;/h2-3,8-10H,4-7H2,1H3,(H,24,27)(H,28,29);1H. The van der Waals surface area contributed by atoms with Gasteiger partial charge in [0.1, 0.15) is 17.2 Å². The molecule has 0 bridgehead atoms. The average molecular weight is 437 g/mol. The highest BCUT2D eigenvalue weighted by molar-refractivity contribution is 6.03. The van der Waals surface area contributed by atoms with Crippen molar-refractivity contribution in [1.82, 2.24) is 14.9 Å². The van der Waals surface area contributed by atoms with Crippen molar-refractivity contribution in [3.8, 4) is 11.1 Å². The second-order valence-corrected chi connectivity index (χ2v) is 6.99. The minimum Gasteiger partial charge on any atom is -0.477 e. The number of halogens is 3. The Bertz CT molecular complexity index is 1180. The molecule has 1 aromatic carbocycles. The zero-order valence-corrected chi connectivity index (χ0v) is 16.8. The first-order valence-corrected chi connectivity index (χ1v) is 9.03. The number of likely N-dealkylation sites (N-methyl/N-ethyl adjacent to an activating group) is 1. The van der Waals surface area contributed by atoms with Crippen LogP contribution in [0.4, 0.5) is 14.5 Å². The van der Waals surface area contributed by atoms with Crippen LogP contribution in [0.25, 0.3) is 22.0 Å². The van der Waals surface area contributed by atoms with Crippen LogP contribution in [-0.4, -0.2) is 59.2 Å². The Hall–Kier alpha value is -3.04. The van der Waals surface area contributed by atoms with E-state index in [-0.39, 0.29) is 40.1 Å². The molecule has 0 amide bonds. The Balaban J connectivity index is 0.00000256. The summed E-state index contributed by atoms with van der Waals surface area (Å²) in [7, 11) is 1.96. The van der Waals surface area contributed by atoms with E-state index in [4.69, 9.17) is 0 Å². The second-order valence-electron chi connectivity index (χ2n) is 6.99. The van der Waals surface area contributed by atoms with E-state index in [2.05, 4.69) is 14.9 Å². The van der Waals surface area contributed by atoms with Gasteiger partial charge in [-0.25, -0.2) is 13.6 Å². The van der Waals surface area contributed by atoms with E-state index in [9.17, 15) is 19.1 Å². The van der Waals surface area contributed by atoms with Gasteiger partial charge in [0.15, 0.2) is 0 Å². The summed E-state index contributed by atoms with van der Waals surface area (Å²) >= 11 is 0. The summed E-state index contributed by atoms with van der Waals surface area (Å²) < 4.78 is 30.0. The number of pyridine rings is 2. The number of aromatic amines is 1. The molecule has 0 aliphatic carbocycles. The van der Waals surface area contributed by atoms with E-state index < -0.39 is 28.6 Å². The van der Waals surface area contributed by atoms with Crippen LogP contribution in [0, 0.1) is 11.6 Å². The molecule has 3 heterocycles. The maximum Gasteiger partial charge on any atom is 0.341 e. The number of nitrogens with zero attached hydrogens (tertiary/aromatic N) is 3. The lowest BCUT2D eigenvalue weighted by atomic mass is 9.97. The Morgan fingerprint density at radius 3 is 2.53 bits per heavy atom. The molecular formula is C20H19ClF2N4O3. The van der Waals surface area contributed by atoms with E-state index in [1.54, 1.807) is 0 Å². The first kappa shape index (κ1) is 21.7. The van der Waals surface area contributed by atoms with E-state index in [0.29, 0.717) is 26.2 Å². The van der Waals surface area contributed by atoms with E-state index >= 15 is 4.39 Å². The van der Waals surface area contributed by atoms with Gasteiger partial charge in [-0.15, -0.1) is 12.4 Å². The lowest BCUT2D eigenvalue weighted by Gasteiger charge is -2.35. The molecule has 158 valence electrons. The van der Waals surface area contributed by atoms with Gasteiger partial charge in [-0.2, -0.15) is 0 Å². The van der Waals surface area contributed by atoms with Crippen LogP contribution in [-0.2, 0) is 0 Å². The zero-order chi connectivity index (χ0) is 20.7. The van der Waals surface area contributed by atoms with Gasteiger partial charge < -0.3 is 19.9 Å². The quantitative estimate of drug-likeness (QED) is 0.656. The maximum atomic E-state index is 15.3. The van der Waals surface area contributed by atoms with Crippen molar-refractivity contribution in [2.45, 2.75) is 0 Å². The number of rotatable bonds is 3. The highest BCUT2D eigenvalue weighted by atomic mass is 35.5. The summed E-state index contributed by atoms with van der Waals surface area (Å²) in [5.74, 6) is -2.80. The van der Waals surface area contributed by atoms with E-state index in [1.165, 1.54) is 12.3 Å². The molecular weight excluding hydrogens is 418 g/mol. The summed E-state index contributed by atoms with van der Waals surface area (Å²) in [4.78, 5) is 34.4. The molecule has 1 aliphatic heterocycles. The highest BCUT2D eigenvalue weighted by Crippen LogP contribution is 2.39. The highest BCUT2D eigenvalue weighted by Gasteiger charge is 2.27. The molecule has 1 aliphatic rings. The van der Waals surface area contributed by atoms with Crippen LogP contribution in [0.1, 0.15) is 10.4 Å². The smallest absolute Gasteiger partial charge is 0.341 e. The van der Waals surface area contributed by atoms with Gasteiger partial charge in [-0.3, -0.25) is 9.78 Å². The predicted molar refractivity (Wildman–Crippen MR) is 112 cm³/mol. The third kappa shape index (κ3) is 3.61. The number of carbonyl (C=O) groups is 1. The van der Waals surface area contributed by atoms with Crippen LogP contribution >= 0.6 is 12.4 Å². The van der Waals surface area contributed by atoms with Crippen LogP contribution in [0.2, 0.25) is 0 Å². The van der Waals surface area contributed by atoms with Crippen molar-refractivity contribution in [2.24, 2.45) is 0 Å². The molecule has 2 N–H and O–H groups in total. The number of carboxylic acid groups (broad SMARTS) is 1. The number of anilines is 1. The van der Waals surface area contributed by atoms with Gasteiger partial charge in [0.05, 0.1) is 22.8 Å². The topological polar surface area (TPSA) is 89.5 Å². The van der Waals surface area contributed by atoms with Crippen molar-refractivity contribution < 1.29 is 18.7 Å². The van der Waals surface area contributed by atoms with Crippen molar-refractivity contribution in [1.29, 1.82) is 0 Å². The average Bonchev–Trinajstić information content (AvgIpc) is 2.69. The number of H-pyrrole nitrogens is 1. The molecule has 2 aromatic heterocycles. The Kier molecular flexibility index (Phi) is 6.04. The third-order valence-corrected chi connectivity index (χ3v) is 5.20. The summed E-state index contributed by atoms with van der Waals surface area (Å²) in [5.41, 5.74) is -0.721. The summed E-state index contributed by atoms with van der Waals surface area (Å²) in [6.45, 7) is 2.45. The number of benzene rings is 1. The van der Waals surface area contributed by atoms with Gasteiger partial charge in [0, 0.05) is 49.7 Å². The maximum absolute atomic E-state index is 15.3. The zero-order valence-electron chi connectivity index (χ0n) is 16.0. The first-order valence-electron chi connectivity index (χ1n) is 9.03. The fourth-order valence-electron chi connectivity index (χ4n) is 3.66. The Morgan fingerprint density at radius 1 is 1.20 bits per heavy atom. The molecule has 1 fully saturated rings. The molecule has 7 nitrogen and oxygen atoms in total. The lowest BCUT2D eigenvalue weighted by molar-refractivity contribution is 0.0695. The molecule has 4 rings (SSSR count). The molecule has 10 heteroatoms. The largest absolute Gasteiger partial charge is 0.477 e. The van der Waals surface area contributed by atoms with Crippen molar-refractivity contribution in [3.63, 3.8) is 0 Å². The van der Waals surface area contributed by atoms with E-state index in [1.807, 2.05) is 11.9 Å². The van der Waals surface area contributed by atoms with Crippen LogP contribution in [0.3, 0.4) is 0 Å². The van der Waals surface area contributed by atoms with Crippen molar-refractivity contribution in [3.05, 3.63) is 58.1 Å². The normalized spacial score (nSPS) is 14.6. The number of hydrogen-bond acceptors (Lipinski definition) is 5. The van der Waals surface area contributed by atoms with Gasteiger partial charge in [0.25, 0.3) is 0 Å². The molecule has 0 saturated carbocycles. The van der Waals surface area contributed by atoms with E-state index in [0.717, 1.165) is 18.5 Å². The third-order valence-electron chi connectivity index (χ3n) is 5.20. The number of fused-ring (bicyclic) bond motifs is 1. The Labute approximate surface area is 176 Å². The number of aromatic carboxylic acids is 1. The molecule has 1 saturated heterocycles. The number of carboxylic acids is 1. The molecule has 3 aromatic rings. The number of hydrogen-bond donors (Lipinski definition) is 2. The second kappa shape index (κ2) is 8.37. The fourth-order valence-corrected chi connectivity index (χ4v) is 3.66. The van der Waals surface area contributed by atoms with Crippen LogP contribution in [0.15, 0.2) is 35.5 Å². The summed E-state index contributed by atoms with van der Waals surface area (Å²) in [6, 6.07) is 2.43. The van der Waals surface area contributed by atoms with Crippen LogP contribution in [0.5, 0.6) is 0 Å². The first-order chi connectivity index (χ1) is 13.9. The van der Waals surface area contributed by atoms with Gasteiger partial charge in [-0.1, -0.05) is 0 Å². The SMILES string of the molecule is CN1CCN(c2c(F)cc3c(=O)c(C(=O)O)c[nH]c3c2-c2ccncc2F)CC1.Cl. The molecule has 30 heavy (non-hydrogen) atoms. The number of nitrogens with one attached hydrogen (secondary N) is 1. The van der Waals surface area contributed by atoms with Gasteiger partial charge in [0.2, 0.25) is 5.43 Å². The summed E-state index contributed by atoms with van der Waals surface area (Å²) in [6.07, 6.45) is 3.46. The van der Waals surface area contributed by atoms with Gasteiger partial charge in [-0.05, 0) is 19.2 Å². The van der Waals surface area contributed by atoms with Crippen molar-refractivity contribution in [2.75, 3.05) is 38.1 Å². The monoisotopic (exact) mass is 436 g/mol. The fraction of sp³-hybridized carbons (Fsp3) is 0.250. The summed E-state index contributed by atoms with van der Waals surface area (Å²) in [5, 5.41) is 9.07. The molecule has 0 unspecified atom stereocenters. The molecule has 0 spiro atoms. The number of aromatic nitrogens is 2. The minimum atomic E-state index is -1.42. The lowest BCUT2D eigenvalue weighted by Crippen LogP contribution is -2.45. The molecule has 0 radical (unpaired) electrons. The minimum absolute atomic E-state index is 0. The number of piperazine rings is 1. The van der Waals surface area contributed by atoms with Crippen molar-refractivity contribution >= 4 is 35.0 Å². The predicted octanol–water partition coefficient (Wildman–Crippen LogP) is 2.74. The molecule has 0 atom stereocenters. The van der Waals surface area contributed by atoms with Gasteiger partial charge >= 0.3 is 5.97 Å². The Morgan fingerprint density at radius 2 is 1.90 bits per heavy atom.